The van der Waals surface area contributed by atoms with Crippen molar-refractivity contribution in [3.05, 3.63) is 34.1 Å². The van der Waals surface area contributed by atoms with Crippen LogP contribution in [0.15, 0.2) is 27.3 Å². The Kier molecular flexibility index (Phi) is 3.47. The first-order chi connectivity index (χ1) is 10.5. The zero-order valence-electron chi connectivity index (χ0n) is 11.7. The van der Waals surface area contributed by atoms with Crippen LogP contribution < -0.4 is 11.3 Å². The molecule has 11 heteroatoms. The largest absolute Gasteiger partial charge is 0.382 e. The second-order valence-electron chi connectivity index (χ2n) is 4.31. The Labute approximate surface area is 127 Å². The zero-order chi connectivity index (χ0) is 15.7. The van der Waals surface area contributed by atoms with E-state index < -0.39 is 0 Å². The number of nitrogen functional groups attached to an aromatic ring is 1. The Morgan fingerprint density at radius 1 is 1.36 bits per heavy atom. The number of anilines is 1. The third-order valence-corrected chi connectivity index (χ3v) is 3.37. The van der Waals surface area contributed by atoms with Crippen molar-refractivity contribution in [3.63, 3.8) is 0 Å². The van der Waals surface area contributed by atoms with Gasteiger partial charge < -0.3 is 5.73 Å². The minimum Gasteiger partial charge on any atom is -0.382 e. The van der Waals surface area contributed by atoms with E-state index in [9.17, 15) is 4.79 Å². The molecule has 0 bridgehead atoms. The second kappa shape index (κ2) is 5.44. The third-order valence-electron chi connectivity index (χ3n) is 2.67. The Bertz CT molecular complexity index is 906. The summed E-state index contributed by atoms with van der Waals surface area (Å²) in [7, 11) is 0. The van der Waals surface area contributed by atoms with Gasteiger partial charge in [-0.25, -0.2) is 9.97 Å². The smallest absolute Gasteiger partial charge is 0.252 e. The summed E-state index contributed by atoms with van der Waals surface area (Å²) in [5.74, 6) is 1.06. The molecule has 0 saturated carbocycles. The molecule has 3 N–H and O–H groups in total. The summed E-state index contributed by atoms with van der Waals surface area (Å²) in [6.45, 7) is 3.50. The maximum atomic E-state index is 11.3. The van der Waals surface area contributed by atoms with Crippen molar-refractivity contribution in [1.82, 2.24) is 29.1 Å². The fraction of sp³-hybridized carbons (Fsp3) is 0.182. The summed E-state index contributed by atoms with van der Waals surface area (Å²) in [6.07, 6.45) is 1.37. The number of hydrogen-bond donors (Lipinski definition) is 2. The van der Waals surface area contributed by atoms with Gasteiger partial charge in [-0.05, 0) is 13.8 Å². The summed E-state index contributed by atoms with van der Waals surface area (Å²) in [6, 6.07) is 1.30. The number of azo groups is 1. The Morgan fingerprint density at radius 2 is 2.18 bits per heavy atom. The van der Waals surface area contributed by atoms with Gasteiger partial charge in [0.25, 0.3) is 5.56 Å². The highest BCUT2D eigenvalue weighted by atomic mass is 32.1. The molecule has 0 unspecified atom stereocenters. The molecule has 3 aromatic rings. The highest BCUT2D eigenvalue weighted by Gasteiger charge is 2.15. The number of rotatable bonds is 3. The summed E-state index contributed by atoms with van der Waals surface area (Å²) in [5.41, 5.74) is 6.65. The molecule has 3 heterocycles. The first kappa shape index (κ1) is 14.0. The van der Waals surface area contributed by atoms with Crippen LogP contribution in [0.1, 0.15) is 11.5 Å². The zero-order valence-corrected chi connectivity index (χ0v) is 12.5. The highest BCUT2D eigenvalue weighted by Crippen LogP contribution is 2.29. The van der Waals surface area contributed by atoms with E-state index in [2.05, 4.69) is 34.7 Å². The number of nitrogens with one attached hydrogen (secondary N) is 1. The van der Waals surface area contributed by atoms with Crippen molar-refractivity contribution in [1.29, 1.82) is 0 Å². The van der Waals surface area contributed by atoms with Gasteiger partial charge in [0, 0.05) is 23.8 Å². The third kappa shape index (κ3) is 2.61. The lowest BCUT2D eigenvalue weighted by atomic mass is 10.4. The van der Waals surface area contributed by atoms with Gasteiger partial charge in [-0.2, -0.15) is 14.2 Å². The molecule has 0 fully saturated rings. The fourth-order valence-corrected chi connectivity index (χ4v) is 2.21. The molecule has 0 atom stereocenters. The van der Waals surface area contributed by atoms with Crippen molar-refractivity contribution in [3.8, 4) is 5.95 Å². The standard InChI is InChI=1S/C11H11N9OS/c1-5-8(16-17-11-14-6(2)19-22-11)9(12)20(18-5)10-13-4-3-7(21)15-10/h3-4H,12H2,1-2H3,(H,13,15,21)/b17-16+. The van der Waals surface area contributed by atoms with E-state index in [1.165, 1.54) is 16.9 Å². The summed E-state index contributed by atoms with van der Waals surface area (Å²) in [5, 5.41) is 12.7. The lowest BCUT2D eigenvalue weighted by Gasteiger charge is -2.00. The molecule has 0 aliphatic carbocycles. The predicted octanol–water partition coefficient (Wildman–Crippen LogP) is 1.42. The van der Waals surface area contributed by atoms with Crippen LogP contribution in [0.25, 0.3) is 5.95 Å². The molecule has 0 amide bonds. The van der Waals surface area contributed by atoms with Crippen LogP contribution in [-0.2, 0) is 0 Å². The molecule has 10 nitrogen and oxygen atoms in total. The number of nitrogens with two attached hydrogens (primary N) is 1. The number of hydrogen-bond acceptors (Lipinski definition) is 9. The molecule has 0 saturated heterocycles. The molecule has 3 aromatic heterocycles. The van der Waals surface area contributed by atoms with Gasteiger partial charge in [-0.3, -0.25) is 9.78 Å². The average Bonchev–Trinajstić information content (AvgIpc) is 3.01. The van der Waals surface area contributed by atoms with Crippen molar-refractivity contribution in [2.24, 2.45) is 10.2 Å². The van der Waals surface area contributed by atoms with Crippen LogP contribution in [0, 0.1) is 13.8 Å². The predicted molar refractivity (Wildman–Crippen MR) is 80.0 cm³/mol. The lowest BCUT2D eigenvalue weighted by molar-refractivity contribution is 0.799. The van der Waals surface area contributed by atoms with Gasteiger partial charge in [-0.1, -0.05) is 0 Å². The van der Waals surface area contributed by atoms with Crippen LogP contribution in [0.4, 0.5) is 16.6 Å². The van der Waals surface area contributed by atoms with Crippen LogP contribution in [-0.4, -0.2) is 29.1 Å². The van der Waals surface area contributed by atoms with E-state index in [0.29, 0.717) is 22.3 Å². The van der Waals surface area contributed by atoms with Gasteiger partial charge in [0.15, 0.2) is 11.5 Å². The minimum atomic E-state index is -0.301. The van der Waals surface area contributed by atoms with Crippen LogP contribution in [0.2, 0.25) is 0 Å². The van der Waals surface area contributed by atoms with Gasteiger partial charge in [0.2, 0.25) is 11.1 Å². The van der Waals surface area contributed by atoms with E-state index in [1.807, 2.05) is 0 Å². The molecule has 0 spiro atoms. The van der Waals surface area contributed by atoms with E-state index >= 15 is 0 Å². The maximum absolute atomic E-state index is 11.3. The Hall–Kier alpha value is -2.95. The number of nitrogens with zero attached hydrogens (tertiary/aromatic N) is 7. The Balaban J connectivity index is 2.00. The molecular formula is C11H11N9OS. The molecule has 0 aliphatic heterocycles. The van der Waals surface area contributed by atoms with Gasteiger partial charge in [0.1, 0.15) is 5.82 Å². The topological polar surface area (TPSA) is 140 Å². The van der Waals surface area contributed by atoms with Crippen molar-refractivity contribution < 1.29 is 0 Å². The molecule has 0 aromatic carbocycles. The minimum absolute atomic E-state index is 0.210. The van der Waals surface area contributed by atoms with Gasteiger partial charge in [-0.15, -0.1) is 10.2 Å². The first-order valence-electron chi connectivity index (χ1n) is 6.17. The first-order valence-corrected chi connectivity index (χ1v) is 6.95. The average molecular weight is 317 g/mol. The number of aryl methyl sites for hydroxylation is 2. The molecule has 112 valence electrons. The molecule has 0 aliphatic rings. The normalized spacial score (nSPS) is 11.4. The summed E-state index contributed by atoms with van der Waals surface area (Å²) >= 11 is 1.14. The lowest BCUT2D eigenvalue weighted by Crippen LogP contribution is -2.13. The van der Waals surface area contributed by atoms with Crippen molar-refractivity contribution in [2.45, 2.75) is 13.8 Å². The number of aromatic nitrogens is 6. The van der Waals surface area contributed by atoms with Crippen molar-refractivity contribution >= 4 is 28.2 Å². The number of aromatic amines is 1. The summed E-state index contributed by atoms with van der Waals surface area (Å²) in [4.78, 5) is 22.0. The molecule has 0 radical (unpaired) electrons. The molecular weight excluding hydrogens is 306 g/mol. The van der Waals surface area contributed by atoms with E-state index in [0.717, 1.165) is 11.5 Å². The monoisotopic (exact) mass is 317 g/mol. The van der Waals surface area contributed by atoms with E-state index in [-0.39, 0.29) is 17.3 Å². The van der Waals surface area contributed by atoms with Gasteiger partial charge >= 0.3 is 0 Å². The highest BCUT2D eigenvalue weighted by molar-refractivity contribution is 7.09. The SMILES string of the molecule is Cc1nsc(/N=N/c2c(C)nn(-c3nccc(=O)[nH]3)c2N)n1. The second-order valence-corrected chi connectivity index (χ2v) is 5.04. The number of H-pyrrole nitrogens is 1. The molecule has 22 heavy (non-hydrogen) atoms. The fourth-order valence-electron chi connectivity index (χ4n) is 1.71. The van der Waals surface area contributed by atoms with Crippen molar-refractivity contribution in [2.75, 3.05) is 5.73 Å². The Morgan fingerprint density at radius 3 is 2.86 bits per heavy atom. The van der Waals surface area contributed by atoms with Crippen LogP contribution in [0.5, 0.6) is 0 Å². The van der Waals surface area contributed by atoms with E-state index in [4.69, 9.17) is 5.73 Å². The quantitative estimate of drug-likeness (QED) is 0.700. The maximum Gasteiger partial charge on any atom is 0.252 e. The van der Waals surface area contributed by atoms with Crippen LogP contribution >= 0.6 is 11.5 Å². The van der Waals surface area contributed by atoms with E-state index in [1.54, 1.807) is 13.8 Å². The van der Waals surface area contributed by atoms with Crippen LogP contribution in [0.3, 0.4) is 0 Å². The van der Waals surface area contributed by atoms with Gasteiger partial charge in [0.05, 0.1) is 5.69 Å². The molecule has 3 rings (SSSR count). The summed E-state index contributed by atoms with van der Waals surface area (Å²) < 4.78 is 5.31.